The van der Waals surface area contributed by atoms with Crippen molar-refractivity contribution < 1.29 is 18.0 Å². The molecule has 2 aromatic heterocycles. The van der Waals surface area contributed by atoms with Crippen molar-refractivity contribution in [1.29, 1.82) is 0 Å². The Bertz CT molecular complexity index is 1140. The summed E-state index contributed by atoms with van der Waals surface area (Å²) in [6.45, 7) is 0.358. The van der Waals surface area contributed by atoms with E-state index in [2.05, 4.69) is 31.4 Å². The quantitative estimate of drug-likeness (QED) is 0.385. The number of carbonyl (C=O) groups is 1. The van der Waals surface area contributed by atoms with E-state index in [1.807, 2.05) is 0 Å². The van der Waals surface area contributed by atoms with Gasteiger partial charge in [0.05, 0.1) is 35.1 Å². The molecule has 12 heteroatoms. The smallest absolute Gasteiger partial charge is 0.323 e. The van der Waals surface area contributed by atoms with E-state index in [0.717, 1.165) is 12.8 Å². The lowest BCUT2D eigenvalue weighted by atomic mass is 10.2. The second kappa shape index (κ2) is 9.07. The highest BCUT2D eigenvalue weighted by molar-refractivity contribution is 9.10. The second-order valence-corrected chi connectivity index (χ2v) is 9.08. The largest absolute Gasteiger partial charge is 0.436 e. The SMILES string of the molecule is O=C(CCn1nc(C(F)(F)F)c(Br)c1C1CC1)Nc1cnn(Cc2c(Cl)cccc2Cl)c1. The Morgan fingerprint density at radius 1 is 1.25 bits per heavy atom. The Morgan fingerprint density at radius 2 is 1.94 bits per heavy atom. The lowest BCUT2D eigenvalue weighted by Crippen LogP contribution is -2.16. The summed E-state index contributed by atoms with van der Waals surface area (Å²) < 4.78 is 42.5. The van der Waals surface area contributed by atoms with Crippen molar-refractivity contribution in [3.05, 3.63) is 62.1 Å². The van der Waals surface area contributed by atoms with Gasteiger partial charge in [-0.15, -0.1) is 0 Å². The summed E-state index contributed by atoms with van der Waals surface area (Å²) in [6.07, 6.45) is 0.122. The van der Waals surface area contributed by atoms with Crippen LogP contribution >= 0.6 is 39.1 Å². The number of anilines is 1. The Kier molecular flexibility index (Phi) is 6.56. The number of rotatable bonds is 7. The third kappa shape index (κ3) is 5.13. The van der Waals surface area contributed by atoms with Crippen molar-refractivity contribution in [2.75, 3.05) is 5.32 Å². The number of halogens is 6. The highest BCUT2D eigenvalue weighted by Gasteiger charge is 2.41. The summed E-state index contributed by atoms with van der Waals surface area (Å²) in [5, 5.41) is 11.6. The number of aryl methyl sites for hydroxylation is 1. The van der Waals surface area contributed by atoms with E-state index in [1.165, 1.54) is 10.9 Å². The van der Waals surface area contributed by atoms with Crippen LogP contribution in [0.4, 0.5) is 18.9 Å². The number of amides is 1. The molecule has 1 aliphatic rings. The van der Waals surface area contributed by atoms with Gasteiger partial charge in [-0.1, -0.05) is 29.3 Å². The fourth-order valence-corrected chi connectivity index (χ4v) is 4.69. The van der Waals surface area contributed by atoms with Gasteiger partial charge in [-0.05, 0) is 40.9 Å². The van der Waals surface area contributed by atoms with Crippen LogP contribution < -0.4 is 5.32 Å². The molecular formula is C20H17BrCl2F3N5O. The van der Waals surface area contributed by atoms with Gasteiger partial charge in [0.25, 0.3) is 0 Å². The van der Waals surface area contributed by atoms with Crippen LogP contribution in [0.5, 0.6) is 0 Å². The molecule has 1 saturated carbocycles. The molecule has 0 saturated heterocycles. The Morgan fingerprint density at radius 3 is 2.56 bits per heavy atom. The van der Waals surface area contributed by atoms with Crippen LogP contribution in [0.25, 0.3) is 0 Å². The molecule has 3 aromatic rings. The maximum atomic E-state index is 13.2. The first-order valence-corrected chi connectivity index (χ1v) is 11.3. The molecule has 0 spiro atoms. The zero-order chi connectivity index (χ0) is 23.0. The minimum absolute atomic E-state index is 0.0332. The monoisotopic (exact) mass is 549 g/mol. The molecule has 1 N–H and O–H groups in total. The topological polar surface area (TPSA) is 64.7 Å². The van der Waals surface area contributed by atoms with E-state index in [0.29, 0.717) is 33.5 Å². The highest BCUT2D eigenvalue weighted by atomic mass is 79.9. The van der Waals surface area contributed by atoms with Crippen LogP contribution in [-0.4, -0.2) is 25.5 Å². The third-order valence-electron chi connectivity index (χ3n) is 5.01. The van der Waals surface area contributed by atoms with Crippen LogP contribution in [0, 0.1) is 0 Å². The molecule has 6 nitrogen and oxygen atoms in total. The summed E-state index contributed by atoms with van der Waals surface area (Å²) in [4.78, 5) is 12.4. The minimum atomic E-state index is -4.56. The third-order valence-corrected chi connectivity index (χ3v) is 6.50. The number of carbonyl (C=O) groups excluding carboxylic acids is 1. The number of hydrogen-bond acceptors (Lipinski definition) is 3. The maximum Gasteiger partial charge on any atom is 0.436 e. The molecule has 1 amide bonds. The number of alkyl halides is 3. The van der Waals surface area contributed by atoms with Crippen molar-refractivity contribution in [2.45, 2.75) is 44.4 Å². The molecule has 0 unspecified atom stereocenters. The molecule has 0 radical (unpaired) electrons. The molecule has 0 atom stereocenters. The second-order valence-electron chi connectivity index (χ2n) is 7.47. The number of nitrogens with one attached hydrogen (secondary N) is 1. The molecule has 1 aromatic carbocycles. The molecule has 2 heterocycles. The number of hydrogen-bond donors (Lipinski definition) is 1. The first kappa shape index (κ1) is 23.1. The number of benzene rings is 1. The van der Waals surface area contributed by atoms with Crippen LogP contribution in [0.3, 0.4) is 0 Å². The minimum Gasteiger partial charge on any atom is -0.323 e. The highest BCUT2D eigenvalue weighted by Crippen LogP contribution is 2.47. The molecule has 0 bridgehead atoms. The van der Waals surface area contributed by atoms with E-state index in [-0.39, 0.29) is 29.3 Å². The van der Waals surface area contributed by atoms with Crippen LogP contribution in [0.1, 0.15) is 42.1 Å². The predicted molar refractivity (Wildman–Crippen MR) is 118 cm³/mol. The molecular weight excluding hydrogens is 534 g/mol. The summed E-state index contributed by atoms with van der Waals surface area (Å²) in [6, 6.07) is 5.19. The van der Waals surface area contributed by atoms with Gasteiger partial charge in [0.1, 0.15) is 0 Å². The van der Waals surface area contributed by atoms with E-state index in [1.54, 1.807) is 29.1 Å². The van der Waals surface area contributed by atoms with Crippen molar-refractivity contribution >= 4 is 50.7 Å². The first-order valence-electron chi connectivity index (χ1n) is 9.72. The molecule has 170 valence electrons. The van der Waals surface area contributed by atoms with Gasteiger partial charge in [-0.3, -0.25) is 14.2 Å². The number of aromatic nitrogens is 4. The average Bonchev–Trinajstić information content (AvgIpc) is 3.35. The molecule has 0 aliphatic heterocycles. The Balaban J connectivity index is 1.39. The van der Waals surface area contributed by atoms with Gasteiger partial charge < -0.3 is 5.32 Å². The molecule has 32 heavy (non-hydrogen) atoms. The molecule has 1 fully saturated rings. The summed E-state index contributed by atoms with van der Waals surface area (Å²) in [5.41, 5.74) is 0.696. The molecule has 4 rings (SSSR count). The Hall–Kier alpha value is -2.04. The van der Waals surface area contributed by atoms with Crippen molar-refractivity contribution in [3.63, 3.8) is 0 Å². The average molecular weight is 551 g/mol. The van der Waals surface area contributed by atoms with Crippen molar-refractivity contribution in [2.24, 2.45) is 0 Å². The van der Waals surface area contributed by atoms with Crippen molar-refractivity contribution in [3.8, 4) is 0 Å². The maximum absolute atomic E-state index is 13.2. The first-order chi connectivity index (χ1) is 15.1. The van der Waals surface area contributed by atoms with Crippen LogP contribution in [0.2, 0.25) is 10.0 Å². The van der Waals surface area contributed by atoms with Gasteiger partial charge in [-0.25, -0.2) is 0 Å². The van der Waals surface area contributed by atoms with E-state index < -0.39 is 11.9 Å². The van der Waals surface area contributed by atoms with E-state index >= 15 is 0 Å². The zero-order valence-corrected chi connectivity index (χ0v) is 19.6. The summed E-state index contributed by atoms with van der Waals surface area (Å²) >= 11 is 15.4. The Labute approximate surface area is 199 Å². The lowest BCUT2D eigenvalue weighted by molar-refractivity contribution is -0.142. The van der Waals surface area contributed by atoms with Crippen molar-refractivity contribution in [1.82, 2.24) is 19.6 Å². The lowest BCUT2D eigenvalue weighted by Gasteiger charge is -2.08. The molecule has 1 aliphatic carbocycles. The van der Waals surface area contributed by atoms with Crippen LogP contribution in [0.15, 0.2) is 35.1 Å². The standard InChI is InChI=1S/C20H17BrCl2F3N5O/c21-17-18(11-4-5-11)31(29-19(17)20(24,25)26)7-6-16(32)28-12-8-27-30(9-12)10-13-14(22)2-1-3-15(13)23/h1-3,8-9,11H,4-7,10H2,(H,28,32). The van der Waals surface area contributed by atoms with E-state index in [9.17, 15) is 18.0 Å². The normalized spacial score (nSPS) is 14.1. The summed E-state index contributed by atoms with van der Waals surface area (Å²) in [7, 11) is 0. The van der Waals surface area contributed by atoms with Gasteiger partial charge >= 0.3 is 6.18 Å². The zero-order valence-electron chi connectivity index (χ0n) is 16.5. The van der Waals surface area contributed by atoms with Crippen LogP contribution in [-0.2, 0) is 24.1 Å². The van der Waals surface area contributed by atoms with E-state index in [4.69, 9.17) is 23.2 Å². The summed E-state index contributed by atoms with van der Waals surface area (Å²) in [5.74, 6) is -0.326. The van der Waals surface area contributed by atoms with Gasteiger partial charge in [0.2, 0.25) is 5.91 Å². The van der Waals surface area contributed by atoms with Gasteiger partial charge in [0.15, 0.2) is 5.69 Å². The predicted octanol–water partition coefficient (Wildman–Crippen LogP) is 6.12. The van der Waals surface area contributed by atoms with Gasteiger partial charge in [0, 0.05) is 34.1 Å². The fourth-order valence-electron chi connectivity index (χ4n) is 3.34. The number of nitrogens with zero attached hydrogens (tertiary/aromatic N) is 4. The fraction of sp³-hybridized carbons (Fsp3) is 0.350. The van der Waals surface area contributed by atoms with Gasteiger partial charge in [-0.2, -0.15) is 23.4 Å².